The summed E-state index contributed by atoms with van der Waals surface area (Å²) in [6.07, 6.45) is -0.772. The van der Waals surface area contributed by atoms with Gasteiger partial charge in [-0.05, 0) is 67.3 Å². The first-order valence-electron chi connectivity index (χ1n) is 12.1. The molecule has 1 aromatic carbocycles. The molecule has 4 rings (SSSR count). The molecule has 12 nitrogen and oxygen atoms in total. The second-order valence-electron chi connectivity index (χ2n) is 9.00. The zero-order chi connectivity index (χ0) is 29.7. The van der Waals surface area contributed by atoms with Crippen molar-refractivity contribution in [2.75, 3.05) is 5.32 Å². The highest BCUT2D eigenvalue weighted by molar-refractivity contribution is 6.32. The predicted octanol–water partition coefficient (Wildman–Crippen LogP) is 4.42. The number of nitrogens with two attached hydrogens (primary N) is 1. The van der Waals surface area contributed by atoms with Crippen molar-refractivity contribution >= 4 is 34.9 Å². The summed E-state index contributed by atoms with van der Waals surface area (Å²) in [6, 6.07) is 9.34. The molecule has 0 unspecified atom stereocenters. The molecule has 3 aromatic rings. The van der Waals surface area contributed by atoms with Gasteiger partial charge in [-0.2, -0.15) is 28.6 Å². The molecule has 0 radical (unpaired) electrons. The molecular weight excluding hydrogens is 565 g/mol. The number of nitrogens with one attached hydrogen (secondary N) is 2. The summed E-state index contributed by atoms with van der Waals surface area (Å²) >= 11 is 6.28. The number of amides is 2. The summed E-state index contributed by atoms with van der Waals surface area (Å²) in [7, 11) is 0. The molecule has 16 heteroatoms. The molecule has 0 saturated heterocycles. The number of benzene rings is 1. The Morgan fingerprint density at radius 1 is 1.27 bits per heavy atom. The number of carbonyl (C=O) groups is 2. The lowest BCUT2D eigenvalue weighted by atomic mass is 9.92. The van der Waals surface area contributed by atoms with Gasteiger partial charge >= 0.3 is 6.18 Å². The van der Waals surface area contributed by atoms with Gasteiger partial charge in [-0.3, -0.25) is 9.59 Å². The number of nitrogens with zero attached hydrogens (tertiary/aromatic N) is 7. The van der Waals surface area contributed by atoms with Gasteiger partial charge in [0, 0.05) is 12.2 Å². The predicted molar refractivity (Wildman–Crippen MR) is 142 cm³/mol. The SMILES string of the molecule is Cc1cc(C#N)cc(C(=O)NC2CCC2)c1NC(=O)c1cc(CN=NN=C(N)C(F)(F)F)nn1-c1ncccc1Cl. The van der Waals surface area contributed by atoms with Crippen molar-refractivity contribution in [1.82, 2.24) is 20.1 Å². The molecule has 4 N–H and O–H groups in total. The van der Waals surface area contributed by atoms with Crippen molar-refractivity contribution in [3.05, 3.63) is 69.6 Å². The van der Waals surface area contributed by atoms with Crippen LogP contribution in [0.2, 0.25) is 5.02 Å². The molecule has 2 aromatic heterocycles. The smallest absolute Gasteiger partial charge is 0.378 e. The molecule has 1 aliphatic carbocycles. The Hall–Kier alpha value is -4.84. The lowest BCUT2D eigenvalue weighted by molar-refractivity contribution is -0.0600. The number of anilines is 1. The number of nitriles is 1. The maximum Gasteiger partial charge on any atom is 0.450 e. The second-order valence-corrected chi connectivity index (χ2v) is 9.40. The lowest BCUT2D eigenvalue weighted by Crippen LogP contribution is -2.40. The topological polar surface area (TPSA) is 176 Å². The van der Waals surface area contributed by atoms with E-state index in [2.05, 4.69) is 36.2 Å². The molecule has 1 aliphatic rings. The van der Waals surface area contributed by atoms with Crippen LogP contribution in [-0.2, 0) is 6.54 Å². The number of rotatable bonds is 8. The van der Waals surface area contributed by atoms with E-state index in [0.29, 0.717) is 5.56 Å². The van der Waals surface area contributed by atoms with Crippen molar-refractivity contribution in [3.8, 4) is 11.9 Å². The van der Waals surface area contributed by atoms with E-state index in [0.717, 1.165) is 23.9 Å². The minimum absolute atomic E-state index is 0.0115. The highest BCUT2D eigenvalue weighted by Crippen LogP contribution is 2.27. The third kappa shape index (κ3) is 6.84. The van der Waals surface area contributed by atoms with Crippen molar-refractivity contribution in [3.63, 3.8) is 0 Å². The van der Waals surface area contributed by atoms with Gasteiger partial charge in [0.05, 0.1) is 33.6 Å². The Bertz CT molecular complexity index is 1590. The number of aryl methyl sites for hydroxylation is 1. The van der Waals surface area contributed by atoms with Gasteiger partial charge < -0.3 is 16.4 Å². The third-order valence-corrected chi connectivity index (χ3v) is 6.35. The average molecular weight is 587 g/mol. The van der Waals surface area contributed by atoms with Crippen LogP contribution in [0.25, 0.3) is 5.82 Å². The summed E-state index contributed by atoms with van der Waals surface area (Å²) in [4.78, 5) is 30.8. The van der Waals surface area contributed by atoms with E-state index in [-0.39, 0.29) is 51.6 Å². The van der Waals surface area contributed by atoms with Crippen LogP contribution in [0.15, 0.2) is 52.0 Å². The number of pyridine rings is 1. The largest absolute Gasteiger partial charge is 0.450 e. The van der Waals surface area contributed by atoms with E-state index in [4.69, 9.17) is 17.3 Å². The van der Waals surface area contributed by atoms with E-state index in [1.54, 1.807) is 13.0 Å². The molecule has 2 heterocycles. The van der Waals surface area contributed by atoms with Crippen LogP contribution in [0.5, 0.6) is 0 Å². The first-order valence-corrected chi connectivity index (χ1v) is 12.5. The van der Waals surface area contributed by atoms with E-state index >= 15 is 0 Å². The molecule has 0 atom stereocenters. The van der Waals surface area contributed by atoms with Crippen molar-refractivity contribution in [1.29, 1.82) is 5.26 Å². The zero-order valence-electron chi connectivity index (χ0n) is 21.4. The van der Waals surface area contributed by atoms with Gasteiger partial charge in [0.1, 0.15) is 12.2 Å². The fourth-order valence-electron chi connectivity index (χ4n) is 3.79. The van der Waals surface area contributed by atoms with Crippen LogP contribution in [0.4, 0.5) is 18.9 Å². The molecule has 0 bridgehead atoms. The molecule has 2 amide bonds. The second kappa shape index (κ2) is 12.1. The fourth-order valence-corrected chi connectivity index (χ4v) is 4.00. The first-order chi connectivity index (χ1) is 19.5. The Kier molecular flexibility index (Phi) is 8.62. The average Bonchev–Trinajstić information content (AvgIpc) is 3.33. The highest BCUT2D eigenvalue weighted by Gasteiger charge is 2.34. The Balaban J connectivity index is 1.68. The molecule has 1 saturated carbocycles. The standard InChI is InChI=1S/C25H22ClF3N10O2/c1-13-8-14(11-30)9-17(22(40)34-15-4-2-5-15)20(13)35-23(41)19-10-16(12-33-38-36-24(31)25(27,28)29)37-39(19)21-18(26)6-3-7-32-21/h3,6-10,15H,2,4-5,12H2,1H3,(H,34,40)(H,35,41)(H2,31,33,36). The van der Waals surface area contributed by atoms with Crippen LogP contribution in [0.3, 0.4) is 0 Å². The number of hydrogen-bond donors (Lipinski definition) is 3. The summed E-state index contributed by atoms with van der Waals surface area (Å²) in [6.45, 7) is 1.28. The number of hydrogen-bond acceptors (Lipinski definition) is 7. The Morgan fingerprint density at radius 2 is 2.02 bits per heavy atom. The zero-order valence-corrected chi connectivity index (χ0v) is 22.2. The molecule has 0 aliphatic heterocycles. The number of amidine groups is 1. The summed E-state index contributed by atoms with van der Waals surface area (Å²) in [5, 5.41) is 28.9. The molecule has 41 heavy (non-hydrogen) atoms. The Morgan fingerprint density at radius 3 is 2.66 bits per heavy atom. The maximum atomic E-state index is 13.6. The van der Waals surface area contributed by atoms with Gasteiger partial charge in [-0.1, -0.05) is 11.6 Å². The molecule has 212 valence electrons. The van der Waals surface area contributed by atoms with Crippen LogP contribution in [-0.4, -0.2) is 44.6 Å². The van der Waals surface area contributed by atoms with Crippen LogP contribution >= 0.6 is 11.6 Å². The van der Waals surface area contributed by atoms with Gasteiger partial charge in [-0.15, -0.1) is 5.10 Å². The highest BCUT2D eigenvalue weighted by atomic mass is 35.5. The summed E-state index contributed by atoms with van der Waals surface area (Å²) in [5.41, 5.74) is 5.83. The summed E-state index contributed by atoms with van der Waals surface area (Å²) in [5.74, 6) is -2.75. The lowest BCUT2D eigenvalue weighted by Gasteiger charge is -2.27. The van der Waals surface area contributed by atoms with Crippen LogP contribution in [0.1, 0.15) is 56.9 Å². The number of aromatic nitrogens is 3. The van der Waals surface area contributed by atoms with E-state index in [1.807, 2.05) is 6.07 Å². The Labute approximate surface area is 236 Å². The van der Waals surface area contributed by atoms with Crippen molar-refractivity contribution in [2.45, 2.75) is 44.9 Å². The monoisotopic (exact) mass is 586 g/mol. The number of halogens is 4. The molecule has 0 spiro atoms. The molecule has 1 fully saturated rings. The quantitative estimate of drug-likeness (QED) is 0.152. The van der Waals surface area contributed by atoms with Crippen molar-refractivity contribution < 1.29 is 22.8 Å². The summed E-state index contributed by atoms with van der Waals surface area (Å²) < 4.78 is 38.6. The number of alkyl halides is 3. The van der Waals surface area contributed by atoms with E-state index < -0.39 is 23.8 Å². The minimum atomic E-state index is -4.86. The third-order valence-electron chi connectivity index (χ3n) is 6.06. The van der Waals surface area contributed by atoms with Gasteiger partial charge in [0.25, 0.3) is 11.8 Å². The van der Waals surface area contributed by atoms with Gasteiger partial charge in [0.15, 0.2) is 5.82 Å². The minimum Gasteiger partial charge on any atom is -0.378 e. The number of carbonyl (C=O) groups excluding carboxylic acids is 2. The normalized spacial score (nSPS) is 14.0. The fraction of sp³-hybridized carbons (Fsp3) is 0.280. The van der Waals surface area contributed by atoms with Gasteiger partial charge in [0.2, 0.25) is 5.84 Å². The van der Waals surface area contributed by atoms with Crippen molar-refractivity contribution in [2.24, 2.45) is 21.2 Å². The van der Waals surface area contributed by atoms with Crippen LogP contribution in [0, 0.1) is 18.3 Å². The molecular formula is C25H22ClF3N10O2. The van der Waals surface area contributed by atoms with Crippen LogP contribution < -0.4 is 16.4 Å². The van der Waals surface area contributed by atoms with E-state index in [9.17, 15) is 28.0 Å². The van der Waals surface area contributed by atoms with Gasteiger partial charge in [-0.25, -0.2) is 9.67 Å². The maximum absolute atomic E-state index is 13.6. The first kappa shape index (κ1) is 29.2. The van der Waals surface area contributed by atoms with E-state index in [1.165, 1.54) is 30.5 Å².